The van der Waals surface area contributed by atoms with Gasteiger partial charge in [0.1, 0.15) is 0 Å². The van der Waals surface area contributed by atoms with E-state index < -0.39 is 0 Å². The van der Waals surface area contributed by atoms with E-state index in [1.165, 1.54) is 18.1 Å². The first kappa shape index (κ1) is 17.3. The van der Waals surface area contributed by atoms with Gasteiger partial charge in [-0.2, -0.15) is 0 Å². The Bertz CT molecular complexity index is 811. The molecule has 0 aromatic heterocycles. The lowest BCUT2D eigenvalue weighted by molar-refractivity contribution is -0.136. The lowest BCUT2D eigenvalue weighted by atomic mass is 10.1. The van der Waals surface area contributed by atoms with Crippen molar-refractivity contribution in [3.8, 4) is 11.8 Å². The standard InChI is InChI=1S/C22H20O2/c1-17-7-11-20(12-8-17)5-4-6-22(24-19(3)23)16-15-21-13-9-18(2)10-14-21/h4-14H,1-3H3/b5-4+,22-6+. The maximum atomic E-state index is 11.2. The maximum Gasteiger partial charge on any atom is 0.308 e. The van der Waals surface area contributed by atoms with Crippen LogP contribution >= 0.6 is 0 Å². The highest BCUT2D eigenvalue weighted by Crippen LogP contribution is 2.07. The van der Waals surface area contributed by atoms with Gasteiger partial charge in [0, 0.05) is 12.5 Å². The predicted octanol–water partition coefficient (Wildman–Crippen LogP) is 4.82. The Labute approximate surface area is 143 Å². The van der Waals surface area contributed by atoms with Crippen molar-refractivity contribution < 1.29 is 9.53 Å². The molecular formula is C22H20O2. The van der Waals surface area contributed by atoms with Gasteiger partial charge in [-0.3, -0.25) is 4.79 Å². The number of ether oxygens (including phenoxy) is 1. The van der Waals surface area contributed by atoms with Crippen molar-refractivity contribution in [2.24, 2.45) is 0 Å². The summed E-state index contributed by atoms with van der Waals surface area (Å²) in [6.07, 6.45) is 5.46. The highest BCUT2D eigenvalue weighted by atomic mass is 16.5. The zero-order valence-electron chi connectivity index (χ0n) is 14.2. The Kier molecular flexibility index (Phi) is 6.16. The van der Waals surface area contributed by atoms with Gasteiger partial charge in [-0.1, -0.05) is 65.6 Å². The summed E-state index contributed by atoms with van der Waals surface area (Å²) in [7, 11) is 0. The molecule has 2 heteroatoms. The number of hydrogen-bond donors (Lipinski definition) is 0. The first-order valence-corrected chi connectivity index (χ1v) is 7.75. The number of aryl methyl sites for hydroxylation is 2. The Balaban J connectivity index is 2.16. The van der Waals surface area contributed by atoms with E-state index in [0.29, 0.717) is 5.76 Å². The third-order valence-electron chi connectivity index (χ3n) is 3.25. The van der Waals surface area contributed by atoms with Crippen molar-refractivity contribution in [3.63, 3.8) is 0 Å². The van der Waals surface area contributed by atoms with Gasteiger partial charge in [0.2, 0.25) is 0 Å². The largest absolute Gasteiger partial charge is 0.417 e. The topological polar surface area (TPSA) is 26.3 Å². The van der Waals surface area contributed by atoms with Gasteiger partial charge >= 0.3 is 5.97 Å². The minimum atomic E-state index is -0.386. The number of allylic oxidation sites excluding steroid dienone is 3. The van der Waals surface area contributed by atoms with Crippen molar-refractivity contribution in [1.82, 2.24) is 0 Å². The molecule has 0 fully saturated rings. The monoisotopic (exact) mass is 316 g/mol. The second-order valence-electron chi connectivity index (χ2n) is 5.51. The molecule has 24 heavy (non-hydrogen) atoms. The van der Waals surface area contributed by atoms with Crippen LogP contribution in [-0.2, 0) is 9.53 Å². The Morgan fingerprint density at radius 2 is 1.54 bits per heavy atom. The maximum absolute atomic E-state index is 11.2. The number of carbonyl (C=O) groups is 1. The highest BCUT2D eigenvalue weighted by molar-refractivity contribution is 5.68. The summed E-state index contributed by atoms with van der Waals surface area (Å²) < 4.78 is 5.15. The molecule has 2 rings (SSSR count). The van der Waals surface area contributed by atoms with Crippen LogP contribution in [0.15, 0.2) is 66.4 Å². The minimum Gasteiger partial charge on any atom is -0.417 e. The molecule has 0 heterocycles. The fraction of sp³-hybridized carbons (Fsp3) is 0.136. The van der Waals surface area contributed by atoms with Gasteiger partial charge in [0.25, 0.3) is 0 Å². The van der Waals surface area contributed by atoms with E-state index in [4.69, 9.17) is 4.74 Å². The molecule has 0 radical (unpaired) electrons. The molecular weight excluding hydrogens is 296 g/mol. The number of hydrogen-bond acceptors (Lipinski definition) is 2. The van der Waals surface area contributed by atoms with E-state index in [1.807, 2.05) is 74.5 Å². The lowest BCUT2D eigenvalue weighted by Gasteiger charge is -1.98. The average molecular weight is 316 g/mol. The third-order valence-corrected chi connectivity index (χ3v) is 3.25. The van der Waals surface area contributed by atoms with Crippen molar-refractivity contribution >= 4 is 12.0 Å². The summed E-state index contributed by atoms with van der Waals surface area (Å²) >= 11 is 0. The van der Waals surface area contributed by atoms with E-state index >= 15 is 0 Å². The highest BCUT2D eigenvalue weighted by Gasteiger charge is 1.97. The fourth-order valence-electron chi connectivity index (χ4n) is 1.95. The molecule has 0 atom stereocenters. The van der Waals surface area contributed by atoms with Crippen molar-refractivity contribution in [2.75, 3.05) is 0 Å². The fourth-order valence-corrected chi connectivity index (χ4v) is 1.95. The Hall–Kier alpha value is -3.05. The molecule has 0 unspecified atom stereocenters. The van der Waals surface area contributed by atoms with Crippen LogP contribution in [0.2, 0.25) is 0 Å². The summed E-state index contributed by atoms with van der Waals surface area (Å²) in [5, 5.41) is 0. The van der Waals surface area contributed by atoms with Crippen LogP contribution in [0.1, 0.15) is 29.2 Å². The number of rotatable bonds is 3. The quantitative estimate of drug-likeness (QED) is 0.351. The molecule has 0 aliphatic rings. The molecule has 120 valence electrons. The Morgan fingerprint density at radius 3 is 2.12 bits per heavy atom. The zero-order chi connectivity index (χ0) is 17.4. The lowest BCUT2D eigenvalue weighted by Crippen LogP contribution is -1.96. The molecule has 0 spiro atoms. The van der Waals surface area contributed by atoms with Gasteiger partial charge in [0.05, 0.1) is 0 Å². The van der Waals surface area contributed by atoms with Gasteiger partial charge in [0.15, 0.2) is 5.76 Å². The van der Waals surface area contributed by atoms with Crippen LogP contribution in [0.4, 0.5) is 0 Å². The molecule has 0 saturated carbocycles. The van der Waals surface area contributed by atoms with Crippen molar-refractivity contribution in [1.29, 1.82) is 0 Å². The zero-order valence-corrected chi connectivity index (χ0v) is 14.2. The normalized spacial score (nSPS) is 11.0. The van der Waals surface area contributed by atoms with Crippen LogP contribution in [-0.4, -0.2) is 5.97 Å². The van der Waals surface area contributed by atoms with Crippen LogP contribution in [0.5, 0.6) is 0 Å². The number of carbonyl (C=O) groups excluding carboxylic acids is 1. The SMILES string of the molecule is CC(=O)O/C(C#Cc1ccc(C)cc1)=C/C=C/c1ccc(C)cc1. The first-order valence-electron chi connectivity index (χ1n) is 7.75. The van der Waals surface area contributed by atoms with E-state index in [1.54, 1.807) is 6.08 Å². The van der Waals surface area contributed by atoms with E-state index in [0.717, 1.165) is 11.1 Å². The van der Waals surface area contributed by atoms with Gasteiger partial charge in [-0.25, -0.2) is 0 Å². The second-order valence-corrected chi connectivity index (χ2v) is 5.51. The van der Waals surface area contributed by atoms with Crippen LogP contribution < -0.4 is 0 Å². The second kappa shape index (κ2) is 8.55. The molecule has 0 N–H and O–H groups in total. The third kappa shape index (κ3) is 5.98. The molecule has 0 saturated heterocycles. The molecule has 0 aliphatic heterocycles. The molecule has 2 aromatic carbocycles. The predicted molar refractivity (Wildman–Crippen MR) is 98.1 cm³/mol. The van der Waals surface area contributed by atoms with Gasteiger partial charge in [-0.15, -0.1) is 0 Å². The molecule has 0 bridgehead atoms. The number of benzene rings is 2. The van der Waals surface area contributed by atoms with Crippen LogP contribution in [0, 0.1) is 25.7 Å². The van der Waals surface area contributed by atoms with Gasteiger partial charge < -0.3 is 4.74 Å². The smallest absolute Gasteiger partial charge is 0.308 e. The van der Waals surface area contributed by atoms with Crippen molar-refractivity contribution in [3.05, 3.63) is 88.7 Å². The summed E-state index contributed by atoms with van der Waals surface area (Å²) in [4.78, 5) is 11.2. The van der Waals surface area contributed by atoms with Gasteiger partial charge in [-0.05, 0) is 43.5 Å². The van der Waals surface area contributed by atoms with E-state index in [9.17, 15) is 4.79 Å². The summed E-state index contributed by atoms with van der Waals surface area (Å²) in [5.74, 6) is 5.84. The molecule has 2 nitrogen and oxygen atoms in total. The summed E-state index contributed by atoms with van der Waals surface area (Å²) in [6, 6.07) is 16.0. The van der Waals surface area contributed by atoms with E-state index in [2.05, 4.69) is 11.8 Å². The minimum absolute atomic E-state index is 0.325. The summed E-state index contributed by atoms with van der Waals surface area (Å²) in [5.41, 5.74) is 4.34. The Morgan fingerprint density at radius 1 is 0.958 bits per heavy atom. The first-order chi connectivity index (χ1) is 11.5. The van der Waals surface area contributed by atoms with E-state index in [-0.39, 0.29) is 5.97 Å². The number of esters is 1. The average Bonchev–Trinajstić information content (AvgIpc) is 2.55. The van der Waals surface area contributed by atoms with Crippen LogP contribution in [0.25, 0.3) is 6.08 Å². The molecule has 0 amide bonds. The van der Waals surface area contributed by atoms with Crippen LogP contribution in [0.3, 0.4) is 0 Å². The summed E-state index contributed by atoms with van der Waals surface area (Å²) in [6.45, 7) is 5.44. The van der Waals surface area contributed by atoms with Crippen molar-refractivity contribution in [2.45, 2.75) is 20.8 Å². The molecule has 0 aliphatic carbocycles. The molecule has 2 aromatic rings.